The predicted octanol–water partition coefficient (Wildman–Crippen LogP) is 1.18. The zero-order valence-electron chi connectivity index (χ0n) is 8.88. The molecule has 0 aromatic heterocycles. The van der Waals surface area contributed by atoms with E-state index in [4.69, 9.17) is 9.47 Å². The second kappa shape index (κ2) is 5.58. The van der Waals surface area contributed by atoms with E-state index >= 15 is 0 Å². The number of methoxy groups -OCH3 is 1. The van der Waals surface area contributed by atoms with Crippen molar-refractivity contribution < 1.29 is 9.47 Å². The van der Waals surface area contributed by atoms with Gasteiger partial charge in [-0.3, -0.25) is 0 Å². The van der Waals surface area contributed by atoms with Gasteiger partial charge in [0, 0.05) is 13.2 Å². The Balaban J connectivity index is 2.26. The van der Waals surface area contributed by atoms with E-state index in [-0.39, 0.29) is 6.10 Å². The van der Waals surface area contributed by atoms with Crippen molar-refractivity contribution in [2.24, 2.45) is 0 Å². The van der Waals surface area contributed by atoms with Crippen molar-refractivity contribution in [2.75, 3.05) is 20.8 Å². The van der Waals surface area contributed by atoms with Crippen molar-refractivity contribution in [3.63, 3.8) is 0 Å². The van der Waals surface area contributed by atoms with Crippen LogP contribution in [0.25, 0.3) is 0 Å². The van der Waals surface area contributed by atoms with Gasteiger partial charge in [0.1, 0.15) is 0 Å². The number of ether oxygens (including phenoxy) is 2. The van der Waals surface area contributed by atoms with Gasteiger partial charge in [-0.1, -0.05) is 0 Å². The van der Waals surface area contributed by atoms with Gasteiger partial charge in [0.2, 0.25) is 0 Å². The quantitative estimate of drug-likeness (QED) is 0.701. The summed E-state index contributed by atoms with van der Waals surface area (Å²) < 4.78 is 10.9. The first-order valence-corrected chi connectivity index (χ1v) is 5.09. The molecule has 0 spiro atoms. The molecule has 0 aromatic carbocycles. The SMILES string of the molecule is CNC1CCCC1OC(C)COC. The Labute approximate surface area is 80.8 Å². The topological polar surface area (TPSA) is 30.5 Å². The number of hydrogen-bond acceptors (Lipinski definition) is 3. The second-order valence-electron chi connectivity index (χ2n) is 3.77. The molecule has 1 rings (SSSR count). The number of rotatable bonds is 5. The average Bonchev–Trinajstić information content (AvgIpc) is 2.52. The monoisotopic (exact) mass is 187 g/mol. The van der Waals surface area contributed by atoms with Gasteiger partial charge in [0.05, 0.1) is 18.8 Å². The Kier molecular flexibility index (Phi) is 4.70. The molecule has 0 heterocycles. The van der Waals surface area contributed by atoms with E-state index < -0.39 is 0 Å². The largest absolute Gasteiger partial charge is 0.382 e. The van der Waals surface area contributed by atoms with Crippen LogP contribution in [0.15, 0.2) is 0 Å². The van der Waals surface area contributed by atoms with E-state index in [0.29, 0.717) is 18.8 Å². The van der Waals surface area contributed by atoms with Crippen LogP contribution in [0, 0.1) is 0 Å². The van der Waals surface area contributed by atoms with Crippen LogP contribution >= 0.6 is 0 Å². The first kappa shape index (κ1) is 11.0. The number of hydrogen-bond donors (Lipinski definition) is 1. The molecule has 0 bridgehead atoms. The van der Waals surface area contributed by atoms with Crippen LogP contribution in [0.1, 0.15) is 26.2 Å². The van der Waals surface area contributed by atoms with E-state index in [1.807, 2.05) is 7.05 Å². The van der Waals surface area contributed by atoms with Gasteiger partial charge >= 0.3 is 0 Å². The Morgan fingerprint density at radius 3 is 2.85 bits per heavy atom. The Morgan fingerprint density at radius 1 is 1.46 bits per heavy atom. The average molecular weight is 187 g/mol. The minimum atomic E-state index is 0.212. The molecule has 13 heavy (non-hydrogen) atoms. The maximum Gasteiger partial charge on any atom is 0.0784 e. The summed E-state index contributed by atoms with van der Waals surface area (Å²) in [5.41, 5.74) is 0. The highest BCUT2D eigenvalue weighted by Crippen LogP contribution is 2.22. The molecule has 0 saturated heterocycles. The summed E-state index contributed by atoms with van der Waals surface area (Å²) in [6.07, 6.45) is 4.29. The Hall–Kier alpha value is -0.120. The lowest BCUT2D eigenvalue weighted by molar-refractivity contribution is -0.0443. The first-order chi connectivity index (χ1) is 6.27. The van der Waals surface area contributed by atoms with Crippen LogP contribution in [0.5, 0.6) is 0 Å². The zero-order valence-corrected chi connectivity index (χ0v) is 8.88. The summed E-state index contributed by atoms with van der Waals surface area (Å²) in [6.45, 7) is 2.75. The minimum absolute atomic E-state index is 0.212. The zero-order chi connectivity index (χ0) is 9.68. The molecule has 3 unspecified atom stereocenters. The van der Waals surface area contributed by atoms with E-state index in [1.54, 1.807) is 7.11 Å². The lowest BCUT2D eigenvalue weighted by Crippen LogP contribution is -2.37. The summed E-state index contributed by atoms with van der Waals surface area (Å²) in [5.74, 6) is 0. The van der Waals surface area contributed by atoms with Crippen LogP contribution in [0.4, 0.5) is 0 Å². The normalized spacial score (nSPS) is 30.7. The van der Waals surface area contributed by atoms with Gasteiger partial charge in [-0.15, -0.1) is 0 Å². The lowest BCUT2D eigenvalue weighted by atomic mass is 10.2. The molecular formula is C10H21NO2. The number of likely N-dealkylation sites (N-methyl/N-ethyl adjacent to an activating group) is 1. The molecule has 0 aromatic rings. The van der Waals surface area contributed by atoms with Gasteiger partial charge in [0.25, 0.3) is 0 Å². The van der Waals surface area contributed by atoms with Crippen LogP contribution < -0.4 is 5.32 Å². The third kappa shape index (κ3) is 3.25. The molecule has 3 atom stereocenters. The van der Waals surface area contributed by atoms with E-state index in [9.17, 15) is 0 Å². The smallest absolute Gasteiger partial charge is 0.0784 e. The van der Waals surface area contributed by atoms with Crippen molar-refractivity contribution in [3.8, 4) is 0 Å². The molecule has 1 aliphatic carbocycles. The summed E-state index contributed by atoms with van der Waals surface area (Å²) in [6, 6.07) is 0.541. The summed E-state index contributed by atoms with van der Waals surface area (Å²) in [7, 11) is 3.72. The minimum Gasteiger partial charge on any atom is -0.382 e. The highest BCUT2D eigenvalue weighted by molar-refractivity contribution is 4.83. The van der Waals surface area contributed by atoms with Gasteiger partial charge in [-0.25, -0.2) is 0 Å². The van der Waals surface area contributed by atoms with Gasteiger partial charge in [-0.05, 0) is 33.2 Å². The number of nitrogens with one attached hydrogen (secondary N) is 1. The summed E-state index contributed by atoms with van der Waals surface area (Å²) >= 11 is 0. The third-order valence-electron chi connectivity index (χ3n) is 2.63. The molecular weight excluding hydrogens is 166 g/mol. The molecule has 1 saturated carbocycles. The van der Waals surface area contributed by atoms with Crippen LogP contribution in [-0.4, -0.2) is 39.0 Å². The molecule has 78 valence electrons. The Bertz CT molecular complexity index is 141. The maximum atomic E-state index is 5.87. The molecule has 3 nitrogen and oxygen atoms in total. The Morgan fingerprint density at radius 2 is 2.23 bits per heavy atom. The predicted molar refractivity (Wildman–Crippen MR) is 52.9 cm³/mol. The fourth-order valence-electron chi connectivity index (χ4n) is 1.99. The van der Waals surface area contributed by atoms with Crippen molar-refractivity contribution in [2.45, 2.75) is 44.4 Å². The maximum absolute atomic E-state index is 5.87. The summed E-state index contributed by atoms with van der Waals surface area (Å²) in [4.78, 5) is 0. The lowest BCUT2D eigenvalue weighted by Gasteiger charge is -2.23. The molecule has 1 N–H and O–H groups in total. The first-order valence-electron chi connectivity index (χ1n) is 5.09. The van der Waals surface area contributed by atoms with Crippen molar-refractivity contribution >= 4 is 0 Å². The molecule has 0 amide bonds. The third-order valence-corrected chi connectivity index (χ3v) is 2.63. The van der Waals surface area contributed by atoms with E-state index in [0.717, 1.165) is 0 Å². The van der Waals surface area contributed by atoms with Crippen LogP contribution in [-0.2, 0) is 9.47 Å². The van der Waals surface area contributed by atoms with Gasteiger partial charge in [0.15, 0.2) is 0 Å². The second-order valence-corrected chi connectivity index (χ2v) is 3.77. The molecule has 0 radical (unpaired) electrons. The molecule has 0 aliphatic heterocycles. The molecule has 1 aliphatic rings. The van der Waals surface area contributed by atoms with Crippen LogP contribution in [0.3, 0.4) is 0 Å². The highest BCUT2D eigenvalue weighted by atomic mass is 16.5. The van der Waals surface area contributed by atoms with E-state index in [2.05, 4.69) is 12.2 Å². The van der Waals surface area contributed by atoms with Crippen LogP contribution in [0.2, 0.25) is 0 Å². The highest BCUT2D eigenvalue weighted by Gasteiger charge is 2.27. The molecule has 1 fully saturated rings. The van der Waals surface area contributed by atoms with Gasteiger partial charge in [-0.2, -0.15) is 0 Å². The molecule has 3 heteroatoms. The van der Waals surface area contributed by atoms with Crippen molar-refractivity contribution in [3.05, 3.63) is 0 Å². The van der Waals surface area contributed by atoms with Crippen molar-refractivity contribution in [1.82, 2.24) is 5.32 Å². The van der Waals surface area contributed by atoms with Crippen molar-refractivity contribution in [1.29, 1.82) is 0 Å². The fourth-order valence-corrected chi connectivity index (χ4v) is 1.99. The standard InChI is InChI=1S/C10H21NO2/c1-8(7-12-3)13-10-6-4-5-9(10)11-2/h8-11H,4-7H2,1-3H3. The van der Waals surface area contributed by atoms with E-state index in [1.165, 1.54) is 19.3 Å². The fraction of sp³-hybridized carbons (Fsp3) is 1.00. The van der Waals surface area contributed by atoms with Gasteiger partial charge < -0.3 is 14.8 Å². The summed E-state index contributed by atoms with van der Waals surface area (Å²) in [5, 5.41) is 3.30.